The molecule has 36 heavy (non-hydrogen) atoms. The van der Waals surface area contributed by atoms with Gasteiger partial charge in [0.1, 0.15) is 0 Å². The molecule has 0 spiro atoms. The molecule has 0 saturated heterocycles. The zero-order valence-corrected chi connectivity index (χ0v) is 24.7. The Labute approximate surface area is 238 Å². The molecule has 0 aliphatic carbocycles. The lowest BCUT2D eigenvalue weighted by molar-refractivity contribution is 1.64. The Hall–Kier alpha value is -2.10. The molecule has 7 rings (SSSR count). The van der Waals surface area contributed by atoms with E-state index < -0.39 is 0 Å². The minimum Gasteiger partial charge on any atom is -0.143 e. The minimum atomic E-state index is 1.35. The highest BCUT2D eigenvalue weighted by Gasteiger charge is 2.14. The molecule has 0 N–H and O–H groups in total. The predicted molar refractivity (Wildman–Crippen MR) is 169 cm³/mol. The molecule has 7 heterocycles. The largest absolute Gasteiger partial charge is 0.143 e. The molecule has 0 nitrogen and oxygen atoms in total. The van der Waals surface area contributed by atoms with Gasteiger partial charge >= 0.3 is 0 Å². The van der Waals surface area contributed by atoms with Gasteiger partial charge in [-0.3, -0.25) is 0 Å². The van der Waals surface area contributed by atoms with Crippen LogP contribution in [0.5, 0.6) is 0 Å². The van der Waals surface area contributed by atoms with Gasteiger partial charge in [0.15, 0.2) is 0 Å². The van der Waals surface area contributed by atoms with Gasteiger partial charge in [-0.2, -0.15) is 0 Å². The van der Waals surface area contributed by atoms with Gasteiger partial charge in [-0.1, -0.05) is 6.07 Å². The molecule has 7 heteroatoms. The molecule has 0 fully saturated rings. The van der Waals surface area contributed by atoms with Crippen molar-refractivity contribution in [1.82, 2.24) is 0 Å². The molecule has 0 radical (unpaired) electrons. The molecule has 0 amide bonds. The summed E-state index contributed by atoms with van der Waals surface area (Å²) in [5.74, 6) is 0. The maximum atomic E-state index is 2.28. The molecule has 0 saturated carbocycles. The van der Waals surface area contributed by atoms with E-state index in [2.05, 4.69) is 97.2 Å². The number of thiophene rings is 7. The average molecular weight is 591 g/mol. The normalized spacial score (nSPS) is 11.5. The van der Waals surface area contributed by atoms with Crippen LogP contribution in [0.3, 0.4) is 0 Å². The Bertz CT molecular complexity index is 1760. The third kappa shape index (κ3) is 4.43. The van der Waals surface area contributed by atoms with Crippen molar-refractivity contribution >= 4 is 79.4 Å². The summed E-state index contributed by atoms with van der Waals surface area (Å²) in [6.07, 6.45) is 0. The van der Waals surface area contributed by atoms with Crippen molar-refractivity contribution in [2.75, 3.05) is 0 Å². The predicted octanol–water partition coefficient (Wildman–Crippen LogP) is 12.4. The number of hydrogen-bond donors (Lipinski definition) is 0. The maximum Gasteiger partial charge on any atom is 0.0449 e. The van der Waals surface area contributed by atoms with Crippen molar-refractivity contribution in [3.05, 3.63) is 95.2 Å². The molecule has 7 aromatic heterocycles. The van der Waals surface area contributed by atoms with E-state index in [0.717, 1.165) is 0 Å². The van der Waals surface area contributed by atoms with Gasteiger partial charge in [-0.25, -0.2) is 0 Å². The average Bonchev–Trinajstić information content (AvgIpc) is 3.74. The summed E-state index contributed by atoms with van der Waals surface area (Å²) >= 11 is 13.1. The topological polar surface area (TPSA) is 0 Å². The third-order valence-electron chi connectivity index (χ3n) is 5.75. The van der Waals surface area contributed by atoms with Crippen LogP contribution < -0.4 is 0 Å². The number of rotatable bonds is 6. The van der Waals surface area contributed by atoms with Gasteiger partial charge in [0, 0.05) is 63.4 Å². The molecule has 0 atom stereocenters. The van der Waals surface area contributed by atoms with Gasteiger partial charge in [-0.05, 0) is 91.2 Å². The number of aryl methyl sites for hydroxylation is 1. The summed E-state index contributed by atoms with van der Waals surface area (Å²) in [6.45, 7) is 2.17. The Morgan fingerprint density at radius 1 is 0.333 bits per heavy atom. The highest BCUT2D eigenvalue weighted by molar-refractivity contribution is 7.31. The van der Waals surface area contributed by atoms with E-state index in [1.54, 1.807) is 11.3 Å². The molecule has 0 aromatic carbocycles. The standard InChI is InChI=1S/C29H18S7/c1-17-4-5-20(31-17)21-8-9-24(33-21)25-12-13-28(35-25)29-15-14-27(36-29)26-11-10-23(34-26)22-7-6-19(32-22)18-3-2-16-30-18/h2-16H,1H3. The first kappa shape index (κ1) is 23.0. The fraction of sp³-hybridized carbons (Fsp3) is 0.0345. The second kappa shape index (κ2) is 9.65. The lowest BCUT2D eigenvalue weighted by Gasteiger charge is -1.93. The first-order valence-corrected chi connectivity index (χ1v) is 17.1. The smallest absolute Gasteiger partial charge is 0.0449 e. The monoisotopic (exact) mass is 590 g/mol. The van der Waals surface area contributed by atoms with Gasteiger partial charge < -0.3 is 0 Å². The fourth-order valence-electron chi connectivity index (χ4n) is 4.00. The van der Waals surface area contributed by atoms with Crippen LogP contribution in [0.25, 0.3) is 58.5 Å². The van der Waals surface area contributed by atoms with Gasteiger partial charge in [0.05, 0.1) is 0 Å². The summed E-state index contributed by atoms with van der Waals surface area (Å²) in [7, 11) is 0. The van der Waals surface area contributed by atoms with E-state index in [0.29, 0.717) is 0 Å². The van der Waals surface area contributed by atoms with Gasteiger partial charge in [-0.15, -0.1) is 79.4 Å². The van der Waals surface area contributed by atoms with Gasteiger partial charge in [0.2, 0.25) is 0 Å². The van der Waals surface area contributed by atoms with Crippen LogP contribution in [0.15, 0.2) is 90.3 Å². The van der Waals surface area contributed by atoms with Crippen LogP contribution in [0.4, 0.5) is 0 Å². The molecular weight excluding hydrogens is 573 g/mol. The molecule has 0 unspecified atom stereocenters. The Kier molecular flexibility index (Phi) is 6.18. The maximum absolute atomic E-state index is 2.28. The van der Waals surface area contributed by atoms with Crippen molar-refractivity contribution in [2.24, 2.45) is 0 Å². The summed E-state index contributed by atoms with van der Waals surface area (Å²) in [4.78, 5) is 17.6. The van der Waals surface area contributed by atoms with Crippen molar-refractivity contribution < 1.29 is 0 Å². The number of hydrogen-bond acceptors (Lipinski definition) is 7. The van der Waals surface area contributed by atoms with E-state index in [1.807, 2.05) is 68.0 Å². The van der Waals surface area contributed by atoms with Crippen LogP contribution in [0.1, 0.15) is 4.88 Å². The van der Waals surface area contributed by atoms with E-state index in [-0.39, 0.29) is 0 Å². The van der Waals surface area contributed by atoms with Crippen molar-refractivity contribution in [2.45, 2.75) is 6.92 Å². The fourth-order valence-corrected chi connectivity index (χ4v) is 11.2. The SMILES string of the molecule is Cc1ccc(-c2ccc(-c3ccc(-c4ccc(-c5ccc(-c6ccc(-c7cccs7)s6)s5)s4)s3)s2)s1. The second-order valence-electron chi connectivity index (χ2n) is 8.21. The van der Waals surface area contributed by atoms with E-state index in [4.69, 9.17) is 0 Å². The zero-order valence-electron chi connectivity index (χ0n) is 19.0. The van der Waals surface area contributed by atoms with Crippen LogP contribution in [-0.2, 0) is 0 Å². The zero-order chi connectivity index (χ0) is 24.1. The van der Waals surface area contributed by atoms with Crippen molar-refractivity contribution in [3.8, 4) is 58.5 Å². The van der Waals surface area contributed by atoms with Crippen LogP contribution in [0, 0.1) is 6.92 Å². The first-order valence-electron chi connectivity index (χ1n) is 11.3. The van der Waals surface area contributed by atoms with Crippen LogP contribution in [-0.4, -0.2) is 0 Å². The third-order valence-corrected chi connectivity index (χ3v) is 14.2. The lowest BCUT2D eigenvalue weighted by Crippen LogP contribution is -1.58. The summed E-state index contributed by atoms with van der Waals surface area (Å²) < 4.78 is 0. The Balaban J connectivity index is 1.11. The Morgan fingerprint density at radius 2 is 0.639 bits per heavy atom. The second-order valence-corrected chi connectivity index (χ2v) is 15.9. The van der Waals surface area contributed by atoms with Crippen molar-refractivity contribution in [3.63, 3.8) is 0 Å². The van der Waals surface area contributed by atoms with Crippen LogP contribution in [0.2, 0.25) is 0 Å². The van der Waals surface area contributed by atoms with Crippen molar-refractivity contribution in [1.29, 1.82) is 0 Å². The van der Waals surface area contributed by atoms with Gasteiger partial charge in [0.25, 0.3) is 0 Å². The molecule has 0 bridgehead atoms. The molecule has 176 valence electrons. The highest BCUT2D eigenvalue weighted by atomic mass is 32.1. The highest BCUT2D eigenvalue weighted by Crippen LogP contribution is 2.46. The quantitative estimate of drug-likeness (QED) is 0.181. The molecule has 7 aromatic rings. The van der Waals surface area contributed by atoms with E-state index in [9.17, 15) is 0 Å². The molecular formula is C29H18S7. The minimum absolute atomic E-state index is 1.35. The molecule has 0 aliphatic heterocycles. The molecule has 0 aliphatic rings. The summed E-state index contributed by atoms with van der Waals surface area (Å²) in [6, 6.07) is 31.5. The van der Waals surface area contributed by atoms with E-state index in [1.165, 1.54) is 63.4 Å². The van der Waals surface area contributed by atoms with Crippen LogP contribution >= 0.6 is 79.4 Å². The Morgan fingerprint density at radius 3 is 0.917 bits per heavy atom. The lowest BCUT2D eigenvalue weighted by atomic mass is 10.3. The van der Waals surface area contributed by atoms with E-state index >= 15 is 0 Å². The first-order chi connectivity index (χ1) is 17.7. The summed E-state index contributed by atoms with van der Waals surface area (Å²) in [5.41, 5.74) is 0. The summed E-state index contributed by atoms with van der Waals surface area (Å²) in [5, 5.41) is 2.15.